The van der Waals surface area contributed by atoms with Crippen LogP contribution in [0.25, 0.3) is 33.3 Å². The highest BCUT2D eigenvalue weighted by Gasteiger charge is 2.52. The summed E-state index contributed by atoms with van der Waals surface area (Å²) in [6.07, 6.45) is 8.13. The number of hydrazine groups is 1. The number of ether oxygens (including phenoxy) is 2. The molecule has 2 saturated heterocycles. The maximum absolute atomic E-state index is 14.5. The highest BCUT2D eigenvalue weighted by atomic mass is 16.5. The summed E-state index contributed by atoms with van der Waals surface area (Å²) in [5, 5.41) is 20.2. The van der Waals surface area contributed by atoms with Crippen LogP contribution in [0.1, 0.15) is 83.9 Å². The van der Waals surface area contributed by atoms with E-state index in [1.54, 1.807) is 44.5 Å². The van der Waals surface area contributed by atoms with Crippen LogP contribution in [0.3, 0.4) is 0 Å². The Hall–Kier alpha value is -5.84. The topological polar surface area (TPSA) is 198 Å². The molecule has 5 atom stereocenters. The number of nitrogens with one attached hydrogen (secondary N) is 3. The lowest BCUT2D eigenvalue weighted by molar-refractivity contribution is -0.146. The number of fused-ring (bicyclic) bond motifs is 1. The SMILES string of the molecule is CCn1c(-c2cnccc2COC)c(CC(C)(C)COC=O)c2cc(-c3cc(O)cc(C[C@H](NC(=O)[C@H](C(C)C)N(C)C(=O)CN(C)C(=O)[C@@H]4N[C@@H]4C4CC4)C(=O)N4CCC[C@@H](C)N4)c3)ccc21. The second kappa shape index (κ2) is 21.2. The summed E-state index contributed by atoms with van der Waals surface area (Å²) in [6.45, 7) is 13.9. The third kappa shape index (κ3) is 11.4. The monoisotopic (exact) mass is 935 g/mol. The van der Waals surface area contributed by atoms with E-state index in [9.17, 15) is 29.1 Å². The van der Waals surface area contributed by atoms with Gasteiger partial charge in [-0.05, 0) is 116 Å². The molecule has 2 aliphatic heterocycles. The van der Waals surface area contributed by atoms with E-state index in [1.807, 2.05) is 45.2 Å². The number of phenols is 1. The lowest BCUT2D eigenvalue weighted by atomic mass is 9.84. The maximum atomic E-state index is 14.5. The van der Waals surface area contributed by atoms with E-state index >= 15 is 0 Å². The molecular weight excluding hydrogens is 865 g/mol. The van der Waals surface area contributed by atoms with Crippen LogP contribution < -0.4 is 16.1 Å². The largest absolute Gasteiger partial charge is 0.508 e. The Morgan fingerprint density at radius 1 is 1.06 bits per heavy atom. The van der Waals surface area contributed by atoms with Gasteiger partial charge in [-0.1, -0.05) is 39.8 Å². The van der Waals surface area contributed by atoms with Gasteiger partial charge in [-0.25, -0.2) is 5.43 Å². The third-order valence-corrected chi connectivity index (χ3v) is 13.7. The van der Waals surface area contributed by atoms with Gasteiger partial charge in [-0.15, -0.1) is 0 Å². The van der Waals surface area contributed by atoms with E-state index in [4.69, 9.17) is 9.47 Å². The van der Waals surface area contributed by atoms with Gasteiger partial charge < -0.3 is 34.3 Å². The van der Waals surface area contributed by atoms with Gasteiger partial charge in [0.25, 0.3) is 12.4 Å². The Bertz CT molecular complexity index is 2500. The number of carbonyl (C=O) groups is 5. The van der Waals surface area contributed by atoms with E-state index in [1.165, 1.54) is 9.80 Å². The van der Waals surface area contributed by atoms with Crippen molar-refractivity contribution in [1.29, 1.82) is 0 Å². The Morgan fingerprint density at radius 2 is 1.82 bits per heavy atom. The maximum Gasteiger partial charge on any atom is 0.293 e. The summed E-state index contributed by atoms with van der Waals surface area (Å²) >= 11 is 0. The molecule has 1 saturated carbocycles. The number of benzene rings is 2. The Balaban J connectivity index is 1.20. The number of hydrogen-bond donors (Lipinski definition) is 4. The summed E-state index contributed by atoms with van der Waals surface area (Å²) in [5.74, 6) is -1.17. The molecule has 366 valence electrons. The number of likely N-dealkylation sites (N-methyl/N-ethyl adjacent to an activating group) is 2. The minimum Gasteiger partial charge on any atom is -0.508 e. The number of methoxy groups -OCH3 is 1. The predicted octanol–water partition coefficient (Wildman–Crippen LogP) is 5.22. The zero-order chi connectivity index (χ0) is 49.0. The quantitative estimate of drug-likeness (QED) is 0.0632. The van der Waals surface area contributed by atoms with Crippen LogP contribution >= 0.6 is 0 Å². The zero-order valence-electron chi connectivity index (χ0n) is 41.1. The average molecular weight is 935 g/mol. The molecule has 2 aromatic carbocycles. The molecule has 0 radical (unpaired) electrons. The molecule has 4 N–H and O–H groups in total. The van der Waals surface area contributed by atoms with Gasteiger partial charge >= 0.3 is 0 Å². The second-order valence-corrected chi connectivity index (χ2v) is 20.2. The van der Waals surface area contributed by atoms with Crippen LogP contribution in [-0.2, 0) is 59.4 Å². The first kappa shape index (κ1) is 50.0. The number of amides is 4. The molecule has 1 aliphatic carbocycles. The van der Waals surface area contributed by atoms with Gasteiger partial charge in [0, 0.05) is 87.1 Å². The van der Waals surface area contributed by atoms with E-state index < -0.39 is 23.4 Å². The second-order valence-electron chi connectivity index (χ2n) is 20.2. The van der Waals surface area contributed by atoms with Crippen molar-refractivity contribution in [1.82, 2.24) is 40.4 Å². The minimum absolute atomic E-state index is 0.00695. The highest BCUT2D eigenvalue weighted by Crippen LogP contribution is 2.42. The molecule has 16 heteroatoms. The third-order valence-electron chi connectivity index (χ3n) is 13.7. The number of rotatable bonds is 21. The Morgan fingerprint density at radius 3 is 2.50 bits per heavy atom. The number of phenolic OH excluding ortho intramolecular Hbond substituents is 1. The van der Waals surface area contributed by atoms with Crippen molar-refractivity contribution in [2.45, 2.75) is 123 Å². The lowest BCUT2D eigenvalue weighted by Crippen LogP contribution is -2.61. The summed E-state index contributed by atoms with van der Waals surface area (Å²) in [5.41, 5.74) is 9.96. The average Bonchev–Trinajstić information content (AvgIpc) is 4.24. The first-order valence-corrected chi connectivity index (χ1v) is 24.1. The number of aromatic nitrogens is 2. The van der Waals surface area contributed by atoms with Crippen molar-refractivity contribution in [3.63, 3.8) is 0 Å². The molecule has 3 fully saturated rings. The summed E-state index contributed by atoms with van der Waals surface area (Å²) in [6, 6.07) is 11.3. The van der Waals surface area contributed by atoms with Crippen LogP contribution in [0.5, 0.6) is 5.75 Å². The lowest BCUT2D eigenvalue weighted by Gasteiger charge is -2.36. The van der Waals surface area contributed by atoms with E-state index in [0.717, 1.165) is 64.5 Å². The van der Waals surface area contributed by atoms with Crippen LogP contribution in [0.2, 0.25) is 0 Å². The van der Waals surface area contributed by atoms with Crippen LogP contribution in [0, 0.1) is 17.3 Å². The van der Waals surface area contributed by atoms with Gasteiger partial charge in [0.1, 0.15) is 23.9 Å². The van der Waals surface area contributed by atoms with Gasteiger partial charge in [0.15, 0.2) is 0 Å². The number of nitrogens with zero attached hydrogens (tertiary/aromatic N) is 5. The molecule has 16 nitrogen and oxygen atoms in total. The molecule has 68 heavy (non-hydrogen) atoms. The summed E-state index contributed by atoms with van der Waals surface area (Å²) in [7, 11) is 4.84. The Labute approximate surface area is 400 Å². The molecule has 0 unspecified atom stereocenters. The minimum atomic E-state index is -1.06. The molecule has 3 aliphatic rings. The van der Waals surface area contributed by atoms with Crippen molar-refractivity contribution in [3.8, 4) is 28.1 Å². The molecule has 2 aromatic heterocycles. The van der Waals surface area contributed by atoms with Crippen molar-refractivity contribution in [2.75, 3.05) is 40.9 Å². The number of pyridine rings is 1. The van der Waals surface area contributed by atoms with Crippen LogP contribution in [0.4, 0.5) is 0 Å². The van der Waals surface area contributed by atoms with E-state index in [0.29, 0.717) is 49.6 Å². The molecule has 0 spiro atoms. The number of aryl methyl sites for hydroxylation is 1. The van der Waals surface area contributed by atoms with E-state index in [-0.39, 0.29) is 67.1 Å². The van der Waals surface area contributed by atoms with Crippen LogP contribution in [0.15, 0.2) is 54.9 Å². The number of aromatic hydroxyl groups is 1. The van der Waals surface area contributed by atoms with Crippen molar-refractivity contribution >= 4 is 41.0 Å². The summed E-state index contributed by atoms with van der Waals surface area (Å²) in [4.78, 5) is 74.5. The van der Waals surface area contributed by atoms with Crippen molar-refractivity contribution in [3.05, 3.63) is 71.5 Å². The van der Waals surface area contributed by atoms with E-state index in [2.05, 4.69) is 58.5 Å². The molecular formula is C52H70N8O8. The molecule has 7 rings (SSSR count). The standard InChI is InChI=1S/C52H70N8O8/c1-10-59-43-16-15-35(24-39(43)40(25-52(5,6)29-68-30-61)48(59)41-26-53-18-17-36(41)28-67-9)37-20-33(21-38(62)23-37)22-42(50(65)60-19-11-12-32(4)56-60)54-49(64)47(31(2)3)58(8)44(63)27-57(7)51(66)46-45(55-46)34-13-14-34/h15-18,20-21,23-24,26,30-32,34,42,45-47,55-56,62H,10-14,19,22,25,27-29H2,1-9H3,(H,54,64)/t32-,42+,45-,46-,47+/m1/s1. The summed E-state index contributed by atoms with van der Waals surface area (Å²) < 4.78 is 13.2. The normalized spacial score (nSPS) is 19.1. The van der Waals surface area contributed by atoms with Gasteiger partial charge in [-0.3, -0.25) is 39.3 Å². The molecule has 0 bridgehead atoms. The predicted molar refractivity (Wildman–Crippen MR) is 260 cm³/mol. The highest BCUT2D eigenvalue weighted by molar-refractivity contribution is 5.96. The molecule has 4 aromatic rings. The van der Waals surface area contributed by atoms with Crippen molar-refractivity contribution in [2.24, 2.45) is 17.3 Å². The molecule has 4 amide bonds. The van der Waals surface area contributed by atoms with Crippen molar-refractivity contribution < 1.29 is 38.6 Å². The van der Waals surface area contributed by atoms with Gasteiger partial charge in [0.2, 0.25) is 17.7 Å². The zero-order valence-corrected chi connectivity index (χ0v) is 41.1. The van der Waals surface area contributed by atoms with Crippen LogP contribution in [-0.4, -0.2) is 131 Å². The number of carbonyl (C=O) groups excluding carboxylic acids is 5. The fraction of sp³-hybridized carbons (Fsp3) is 0.538. The Kier molecular flexibility index (Phi) is 15.6. The first-order chi connectivity index (χ1) is 32.4. The van der Waals surface area contributed by atoms with Gasteiger partial charge in [-0.2, -0.15) is 0 Å². The fourth-order valence-corrected chi connectivity index (χ4v) is 10.0. The first-order valence-electron chi connectivity index (χ1n) is 24.1. The number of hydrogen-bond acceptors (Lipinski definition) is 11. The smallest absolute Gasteiger partial charge is 0.293 e. The molecule has 4 heterocycles. The van der Waals surface area contributed by atoms with Gasteiger partial charge in [0.05, 0.1) is 25.5 Å². The fourth-order valence-electron chi connectivity index (χ4n) is 10.0.